The molecule has 0 saturated carbocycles. The van der Waals surface area contributed by atoms with E-state index in [0.717, 1.165) is 17.1 Å². The van der Waals surface area contributed by atoms with Gasteiger partial charge in [-0.15, -0.1) is 0 Å². The average molecular weight is 325 g/mol. The molecular formula is C15H21ClN2O2Si. The molecule has 0 aliphatic rings. The van der Waals surface area contributed by atoms with Crippen LogP contribution >= 0.6 is 11.6 Å². The Kier molecular flexibility index (Phi) is 4.86. The van der Waals surface area contributed by atoms with E-state index >= 15 is 0 Å². The van der Waals surface area contributed by atoms with Crippen LogP contribution in [-0.2, 0) is 11.5 Å². The number of halogens is 1. The number of carbonyl (C=O) groups is 1. The van der Waals surface area contributed by atoms with Gasteiger partial charge < -0.3 is 9.30 Å². The van der Waals surface area contributed by atoms with Crippen molar-refractivity contribution >= 4 is 36.5 Å². The standard InChI is InChI=1S/C15H21ClN2O2Si/c1-11(19)14-9-12-13(5-6-15(16)17-12)18(14)10-20-7-8-21(2,3)4/h5-6,9H,7-8,10H2,1-4H3. The van der Waals surface area contributed by atoms with Gasteiger partial charge in [0.1, 0.15) is 11.9 Å². The van der Waals surface area contributed by atoms with Gasteiger partial charge in [-0.3, -0.25) is 4.79 Å². The van der Waals surface area contributed by atoms with Crippen molar-refractivity contribution in [3.8, 4) is 0 Å². The fourth-order valence-corrected chi connectivity index (χ4v) is 2.99. The highest BCUT2D eigenvalue weighted by Gasteiger charge is 2.15. The number of fused-ring (bicyclic) bond motifs is 1. The van der Waals surface area contributed by atoms with Crippen LogP contribution in [-0.4, -0.2) is 30.0 Å². The molecule has 0 bridgehead atoms. The number of Topliss-reactive ketones (excluding diaryl/α,β-unsaturated/α-hetero) is 1. The molecule has 4 nitrogen and oxygen atoms in total. The lowest BCUT2D eigenvalue weighted by Crippen LogP contribution is -2.22. The van der Waals surface area contributed by atoms with Crippen molar-refractivity contribution in [3.05, 3.63) is 29.0 Å². The normalized spacial score (nSPS) is 12.0. The third kappa shape index (κ3) is 4.15. The van der Waals surface area contributed by atoms with Gasteiger partial charge in [-0.2, -0.15) is 0 Å². The van der Waals surface area contributed by atoms with Crippen LogP contribution < -0.4 is 0 Å². The highest BCUT2D eigenvalue weighted by molar-refractivity contribution is 6.76. The van der Waals surface area contributed by atoms with Gasteiger partial charge in [0.05, 0.1) is 16.7 Å². The van der Waals surface area contributed by atoms with Crippen LogP contribution in [0.2, 0.25) is 30.8 Å². The zero-order valence-corrected chi connectivity index (χ0v) is 14.7. The Morgan fingerprint density at radius 3 is 2.71 bits per heavy atom. The molecule has 0 unspecified atom stereocenters. The molecule has 0 N–H and O–H groups in total. The maximum absolute atomic E-state index is 11.8. The predicted octanol–water partition coefficient (Wildman–Crippen LogP) is 4.20. The number of rotatable bonds is 6. The molecule has 6 heteroatoms. The average Bonchev–Trinajstić information content (AvgIpc) is 2.71. The van der Waals surface area contributed by atoms with Gasteiger partial charge in [0.15, 0.2) is 5.78 Å². The van der Waals surface area contributed by atoms with Gasteiger partial charge in [-0.25, -0.2) is 4.98 Å². The summed E-state index contributed by atoms with van der Waals surface area (Å²) in [6.07, 6.45) is 0. The van der Waals surface area contributed by atoms with Crippen molar-refractivity contribution in [3.63, 3.8) is 0 Å². The van der Waals surface area contributed by atoms with Gasteiger partial charge in [0, 0.05) is 21.6 Å². The fourth-order valence-electron chi connectivity index (χ4n) is 2.08. The maximum atomic E-state index is 11.8. The SMILES string of the molecule is CC(=O)c1cc2nc(Cl)ccc2n1COCC[Si](C)(C)C. The second-order valence-electron chi connectivity index (χ2n) is 6.40. The van der Waals surface area contributed by atoms with Gasteiger partial charge in [-0.05, 0) is 24.2 Å². The van der Waals surface area contributed by atoms with Gasteiger partial charge in [0.25, 0.3) is 0 Å². The van der Waals surface area contributed by atoms with Crippen molar-refractivity contribution in [2.45, 2.75) is 39.3 Å². The van der Waals surface area contributed by atoms with Crippen molar-refractivity contribution < 1.29 is 9.53 Å². The number of hydrogen-bond acceptors (Lipinski definition) is 3. The summed E-state index contributed by atoms with van der Waals surface area (Å²) in [5.41, 5.74) is 2.20. The summed E-state index contributed by atoms with van der Waals surface area (Å²) in [6.45, 7) is 9.57. The van der Waals surface area contributed by atoms with Crippen LogP contribution in [0.15, 0.2) is 18.2 Å². The third-order valence-electron chi connectivity index (χ3n) is 3.30. The second-order valence-corrected chi connectivity index (χ2v) is 12.4. The van der Waals surface area contributed by atoms with Crippen molar-refractivity contribution in [1.29, 1.82) is 0 Å². The lowest BCUT2D eigenvalue weighted by molar-refractivity contribution is 0.0835. The lowest BCUT2D eigenvalue weighted by Gasteiger charge is -2.16. The van der Waals surface area contributed by atoms with Crippen LogP contribution in [0.5, 0.6) is 0 Å². The minimum Gasteiger partial charge on any atom is -0.361 e. The third-order valence-corrected chi connectivity index (χ3v) is 5.22. The Bertz CT molecular complexity index is 661. The molecule has 2 heterocycles. The summed E-state index contributed by atoms with van der Waals surface area (Å²) >= 11 is 5.90. The highest BCUT2D eigenvalue weighted by atomic mass is 35.5. The van der Waals surface area contributed by atoms with E-state index in [4.69, 9.17) is 16.3 Å². The molecule has 114 valence electrons. The topological polar surface area (TPSA) is 44.1 Å². The molecule has 2 aromatic heterocycles. The molecule has 21 heavy (non-hydrogen) atoms. The van der Waals surface area contributed by atoms with Crippen molar-refractivity contribution in [1.82, 2.24) is 9.55 Å². The van der Waals surface area contributed by atoms with E-state index in [1.54, 1.807) is 19.1 Å². The van der Waals surface area contributed by atoms with Crippen LogP contribution in [0.1, 0.15) is 17.4 Å². The summed E-state index contributed by atoms with van der Waals surface area (Å²) in [6, 6.07) is 6.47. The fraction of sp³-hybridized carbons (Fsp3) is 0.467. The van der Waals surface area contributed by atoms with E-state index in [-0.39, 0.29) is 5.78 Å². The number of ether oxygens (including phenoxy) is 1. The smallest absolute Gasteiger partial charge is 0.176 e. The minimum atomic E-state index is -1.11. The summed E-state index contributed by atoms with van der Waals surface area (Å²) in [4.78, 5) is 16.0. The molecule has 0 spiro atoms. The summed E-state index contributed by atoms with van der Waals surface area (Å²) in [5, 5.41) is 0.425. The molecule has 0 aliphatic heterocycles. The van der Waals surface area contributed by atoms with Gasteiger partial charge in [0.2, 0.25) is 0 Å². The first-order valence-electron chi connectivity index (χ1n) is 7.02. The molecule has 0 fully saturated rings. The maximum Gasteiger partial charge on any atom is 0.176 e. The molecule has 0 amide bonds. The van der Waals surface area contributed by atoms with Crippen LogP contribution in [0, 0.1) is 0 Å². The number of carbonyl (C=O) groups excluding carboxylic acids is 1. The van der Waals surface area contributed by atoms with Crippen LogP contribution in [0.3, 0.4) is 0 Å². The Morgan fingerprint density at radius 2 is 2.10 bits per heavy atom. The van der Waals surface area contributed by atoms with E-state index in [0.29, 0.717) is 24.2 Å². The van der Waals surface area contributed by atoms with Crippen LogP contribution in [0.4, 0.5) is 0 Å². The molecular weight excluding hydrogens is 304 g/mol. The first-order valence-corrected chi connectivity index (χ1v) is 11.1. The zero-order valence-electron chi connectivity index (χ0n) is 12.9. The minimum absolute atomic E-state index is 0.00193. The van der Waals surface area contributed by atoms with Crippen molar-refractivity contribution in [2.75, 3.05) is 6.61 Å². The molecule has 2 rings (SSSR count). The number of ketones is 1. The molecule has 0 aliphatic carbocycles. The first kappa shape index (κ1) is 16.2. The number of hydrogen-bond donors (Lipinski definition) is 0. The first-order chi connectivity index (χ1) is 9.78. The summed E-state index contributed by atoms with van der Waals surface area (Å²) in [5.74, 6) is -0.00193. The molecule has 0 saturated heterocycles. The predicted molar refractivity (Wildman–Crippen MR) is 88.9 cm³/mol. The van der Waals surface area contributed by atoms with E-state index < -0.39 is 8.07 Å². The van der Waals surface area contributed by atoms with E-state index in [1.165, 1.54) is 0 Å². The summed E-state index contributed by atoms with van der Waals surface area (Å²) in [7, 11) is -1.11. The van der Waals surface area contributed by atoms with E-state index in [9.17, 15) is 4.79 Å². The number of pyridine rings is 1. The van der Waals surface area contributed by atoms with Crippen molar-refractivity contribution in [2.24, 2.45) is 0 Å². The van der Waals surface area contributed by atoms with Gasteiger partial charge >= 0.3 is 0 Å². The van der Waals surface area contributed by atoms with E-state index in [2.05, 4.69) is 24.6 Å². The molecule has 0 aromatic carbocycles. The lowest BCUT2D eigenvalue weighted by atomic mass is 10.3. The Morgan fingerprint density at radius 1 is 1.38 bits per heavy atom. The van der Waals surface area contributed by atoms with Gasteiger partial charge in [-0.1, -0.05) is 31.2 Å². The Hall–Kier alpha value is -1.17. The van der Waals surface area contributed by atoms with E-state index in [1.807, 2.05) is 10.6 Å². The number of nitrogens with zero attached hydrogens (tertiary/aromatic N) is 2. The zero-order chi connectivity index (χ0) is 15.6. The largest absolute Gasteiger partial charge is 0.361 e. The number of aromatic nitrogens is 2. The Balaban J connectivity index is 2.21. The monoisotopic (exact) mass is 324 g/mol. The quantitative estimate of drug-likeness (QED) is 0.346. The van der Waals surface area contributed by atoms with Crippen LogP contribution in [0.25, 0.3) is 11.0 Å². The summed E-state index contributed by atoms with van der Waals surface area (Å²) < 4.78 is 7.63. The molecule has 0 radical (unpaired) electrons. The highest BCUT2D eigenvalue weighted by Crippen LogP contribution is 2.21. The Labute approximate surface area is 131 Å². The molecule has 0 atom stereocenters. The molecule has 2 aromatic rings. The second kappa shape index (κ2) is 6.30.